The number of thiocarbonyl (C=S) groups is 1. The normalized spacial score (nSPS) is 13.9. The molecule has 6 heteroatoms. The van der Waals surface area contributed by atoms with Gasteiger partial charge in [0.25, 0.3) is 11.8 Å². The molecule has 1 saturated heterocycles. The third-order valence-electron chi connectivity index (χ3n) is 4.11. The molecule has 0 spiro atoms. The molecule has 0 aromatic heterocycles. The minimum Gasteiger partial charge on any atom is -0.489 e. The van der Waals surface area contributed by atoms with E-state index in [4.69, 9.17) is 17.0 Å². The van der Waals surface area contributed by atoms with Crippen LogP contribution in [0.3, 0.4) is 0 Å². The van der Waals surface area contributed by atoms with Gasteiger partial charge in [-0.1, -0.05) is 30.3 Å². The fourth-order valence-electron chi connectivity index (χ4n) is 2.49. The maximum absolute atomic E-state index is 11.8. The van der Waals surface area contributed by atoms with E-state index in [0.717, 1.165) is 11.1 Å². The van der Waals surface area contributed by atoms with Crippen LogP contribution in [-0.4, -0.2) is 16.9 Å². The van der Waals surface area contributed by atoms with E-state index in [1.807, 2.05) is 6.07 Å². The highest BCUT2D eigenvalue weighted by Gasteiger charge is 2.25. The number of hydrogen-bond donors (Lipinski definition) is 2. The van der Waals surface area contributed by atoms with Crippen molar-refractivity contribution < 1.29 is 14.3 Å². The summed E-state index contributed by atoms with van der Waals surface area (Å²) in [5.74, 6) is -0.299. The summed E-state index contributed by atoms with van der Waals surface area (Å²) in [6, 6.07) is 13.4. The third-order valence-corrected chi connectivity index (χ3v) is 4.32. The van der Waals surface area contributed by atoms with Crippen molar-refractivity contribution in [2.75, 3.05) is 0 Å². The topological polar surface area (TPSA) is 67.4 Å². The average Bonchev–Trinajstić information content (AvgIpc) is 2.60. The molecule has 132 valence electrons. The summed E-state index contributed by atoms with van der Waals surface area (Å²) in [6.07, 6.45) is 1.51. The maximum Gasteiger partial charge on any atom is 0.263 e. The lowest BCUT2D eigenvalue weighted by molar-refractivity contribution is -0.123. The number of benzene rings is 2. The standard InChI is InChI=1S/C20H18N2O3S/c1-12-3-4-15(9-13(12)2)11-25-16-7-5-14(6-8-16)10-17-18(23)21-20(26)22-19(17)24/h3-10H,11H2,1-2H3,(H2,21,22,23,24,26). The molecular formula is C20H18N2O3S. The third kappa shape index (κ3) is 4.15. The Hall–Kier alpha value is -2.99. The molecule has 0 aliphatic carbocycles. The highest BCUT2D eigenvalue weighted by Crippen LogP contribution is 2.18. The van der Waals surface area contributed by atoms with Gasteiger partial charge in [0.2, 0.25) is 0 Å². The zero-order valence-corrected chi connectivity index (χ0v) is 15.3. The Bertz CT molecular complexity index is 895. The number of ether oxygens (including phenoxy) is 1. The van der Waals surface area contributed by atoms with Crippen LogP contribution in [0.25, 0.3) is 6.08 Å². The van der Waals surface area contributed by atoms with Crippen LogP contribution in [0.15, 0.2) is 48.0 Å². The number of nitrogens with one attached hydrogen (secondary N) is 2. The molecule has 2 N–H and O–H groups in total. The molecule has 2 aromatic carbocycles. The van der Waals surface area contributed by atoms with Crippen LogP contribution in [0.4, 0.5) is 0 Å². The van der Waals surface area contributed by atoms with Crippen molar-refractivity contribution in [3.05, 3.63) is 70.3 Å². The van der Waals surface area contributed by atoms with E-state index in [0.29, 0.717) is 12.4 Å². The smallest absolute Gasteiger partial charge is 0.263 e. The van der Waals surface area contributed by atoms with Crippen LogP contribution in [0.5, 0.6) is 5.75 Å². The molecule has 2 amide bonds. The molecule has 0 radical (unpaired) electrons. The van der Waals surface area contributed by atoms with E-state index >= 15 is 0 Å². The second kappa shape index (κ2) is 7.49. The minimum absolute atomic E-state index is 0.0161. The van der Waals surface area contributed by atoms with Gasteiger partial charge in [0, 0.05) is 0 Å². The second-order valence-corrected chi connectivity index (χ2v) is 6.48. The minimum atomic E-state index is -0.506. The number of rotatable bonds is 4. The Kier molecular flexibility index (Phi) is 5.14. The van der Waals surface area contributed by atoms with Gasteiger partial charge in [0.15, 0.2) is 5.11 Å². The Morgan fingerprint density at radius 3 is 2.23 bits per heavy atom. The molecule has 0 bridgehead atoms. The van der Waals surface area contributed by atoms with Crippen molar-refractivity contribution in [2.45, 2.75) is 20.5 Å². The highest BCUT2D eigenvalue weighted by molar-refractivity contribution is 7.80. The molecule has 2 aromatic rings. The van der Waals surface area contributed by atoms with Crippen molar-refractivity contribution in [3.63, 3.8) is 0 Å². The summed E-state index contributed by atoms with van der Waals surface area (Å²) < 4.78 is 5.79. The average molecular weight is 366 g/mol. The van der Waals surface area contributed by atoms with E-state index in [-0.39, 0.29) is 10.7 Å². The first kappa shape index (κ1) is 17.8. The molecule has 0 saturated carbocycles. The number of carbonyl (C=O) groups is 2. The quantitative estimate of drug-likeness (QED) is 0.496. The van der Waals surface area contributed by atoms with Gasteiger partial charge in [0.05, 0.1) is 0 Å². The highest BCUT2D eigenvalue weighted by atomic mass is 32.1. The summed E-state index contributed by atoms with van der Waals surface area (Å²) in [5.41, 5.74) is 4.32. The Morgan fingerprint density at radius 2 is 1.62 bits per heavy atom. The van der Waals surface area contributed by atoms with Crippen LogP contribution in [0, 0.1) is 13.8 Å². The van der Waals surface area contributed by atoms with Gasteiger partial charge in [-0.3, -0.25) is 20.2 Å². The van der Waals surface area contributed by atoms with Crippen molar-refractivity contribution in [1.29, 1.82) is 0 Å². The van der Waals surface area contributed by atoms with Gasteiger partial charge in [-0.15, -0.1) is 0 Å². The fourth-order valence-corrected chi connectivity index (χ4v) is 2.68. The van der Waals surface area contributed by atoms with Gasteiger partial charge < -0.3 is 4.74 Å². The number of aryl methyl sites for hydroxylation is 2. The van der Waals surface area contributed by atoms with E-state index in [1.165, 1.54) is 17.2 Å². The zero-order chi connectivity index (χ0) is 18.7. The van der Waals surface area contributed by atoms with E-state index in [9.17, 15) is 9.59 Å². The van der Waals surface area contributed by atoms with Gasteiger partial charge in [-0.2, -0.15) is 0 Å². The molecule has 0 atom stereocenters. The van der Waals surface area contributed by atoms with E-state index < -0.39 is 11.8 Å². The van der Waals surface area contributed by atoms with Gasteiger partial charge in [-0.25, -0.2) is 0 Å². The first-order valence-electron chi connectivity index (χ1n) is 8.10. The van der Waals surface area contributed by atoms with Crippen molar-refractivity contribution >= 4 is 35.2 Å². The molecule has 3 rings (SSSR count). The monoisotopic (exact) mass is 366 g/mol. The molecule has 26 heavy (non-hydrogen) atoms. The summed E-state index contributed by atoms with van der Waals surface area (Å²) in [7, 11) is 0. The lowest BCUT2D eigenvalue weighted by Gasteiger charge is -2.16. The largest absolute Gasteiger partial charge is 0.489 e. The van der Waals surface area contributed by atoms with E-state index in [1.54, 1.807) is 24.3 Å². The van der Waals surface area contributed by atoms with Gasteiger partial charge >= 0.3 is 0 Å². The van der Waals surface area contributed by atoms with Crippen LogP contribution in [0.2, 0.25) is 0 Å². The molecule has 1 aliphatic rings. The summed E-state index contributed by atoms with van der Waals surface area (Å²) in [5, 5.41) is 4.83. The maximum atomic E-state index is 11.8. The summed E-state index contributed by atoms with van der Waals surface area (Å²) in [6.45, 7) is 4.63. The fraction of sp³-hybridized carbons (Fsp3) is 0.150. The van der Waals surface area contributed by atoms with Crippen LogP contribution in [0.1, 0.15) is 22.3 Å². The van der Waals surface area contributed by atoms with E-state index in [2.05, 4.69) is 36.6 Å². The van der Waals surface area contributed by atoms with Crippen LogP contribution < -0.4 is 15.4 Å². The van der Waals surface area contributed by atoms with Gasteiger partial charge in [-0.05, 0) is 66.5 Å². The number of carbonyl (C=O) groups excluding carboxylic acids is 2. The molecule has 0 unspecified atom stereocenters. The number of amides is 2. The SMILES string of the molecule is Cc1ccc(COc2ccc(C=C3C(=O)NC(=S)NC3=O)cc2)cc1C. The Morgan fingerprint density at radius 1 is 0.962 bits per heavy atom. The predicted molar refractivity (Wildman–Crippen MR) is 104 cm³/mol. The molecule has 5 nitrogen and oxygen atoms in total. The zero-order valence-electron chi connectivity index (χ0n) is 14.5. The molecular weight excluding hydrogens is 348 g/mol. The molecule has 1 aliphatic heterocycles. The van der Waals surface area contributed by atoms with Crippen LogP contribution in [-0.2, 0) is 16.2 Å². The van der Waals surface area contributed by atoms with Crippen molar-refractivity contribution in [1.82, 2.24) is 10.6 Å². The Balaban J connectivity index is 1.67. The molecule has 1 heterocycles. The summed E-state index contributed by atoms with van der Waals surface area (Å²) >= 11 is 4.77. The Labute approximate surface area is 157 Å². The van der Waals surface area contributed by atoms with Crippen LogP contribution >= 0.6 is 12.2 Å². The van der Waals surface area contributed by atoms with Gasteiger partial charge in [0.1, 0.15) is 17.9 Å². The lowest BCUT2D eigenvalue weighted by Crippen LogP contribution is -2.51. The predicted octanol–water partition coefficient (Wildman–Crippen LogP) is 2.80. The first-order valence-corrected chi connectivity index (χ1v) is 8.50. The lowest BCUT2D eigenvalue weighted by atomic mass is 10.1. The molecule has 1 fully saturated rings. The van der Waals surface area contributed by atoms with Crippen molar-refractivity contribution in [3.8, 4) is 5.75 Å². The second-order valence-electron chi connectivity index (χ2n) is 6.07. The van der Waals surface area contributed by atoms with Crippen molar-refractivity contribution in [2.24, 2.45) is 0 Å². The number of hydrogen-bond acceptors (Lipinski definition) is 4. The summed E-state index contributed by atoms with van der Waals surface area (Å²) in [4.78, 5) is 23.7. The first-order chi connectivity index (χ1) is 12.4.